The molecule has 1 aliphatic carbocycles. The Morgan fingerprint density at radius 1 is 0.825 bits per heavy atom. The van der Waals surface area contributed by atoms with E-state index < -0.39 is 10.0 Å². The summed E-state index contributed by atoms with van der Waals surface area (Å²) >= 11 is 0. The highest BCUT2D eigenvalue weighted by atomic mass is 32.2. The molecule has 1 unspecified atom stereocenters. The minimum atomic E-state index is -3.67. The smallest absolute Gasteiger partial charge is 0.243 e. The van der Waals surface area contributed by atoms with E-state index in [0.29, 0.717) is 45.4 Å². The quantitative estimate of drug-likeness (QED) is 0.534. The topological polar surface area (TPSA) is 90.5 Å². The summed E-state index contributed by atoms with van der Waals surface area (Å²) < 4.78 is 34.1. The molecule has 214 valence electrons. The van der Waals surface area contributed by atoms with Crippen LogP contribution < -0.4 is 14.5 Å². The van der Waals surface area contributed by atoms with Crippen LogP contribution in [0, 0.1) is 11.8 Å². The van der Waals surface area contributed by atoms with Crippen LogP contribution in [0.5, 0.6) is 5.75 Å². The van der Waals surface area contributed by atoms with Gasteiger partial charge in [0.15, 0.2) is 0 Å². The second-order valence-electron chi connectivity index (χ2n) is 11.5. The van der Waals surface area contributed by atoms with Crippen molar-refractivity contribution in [1.82, 2.24) is 9.21 Å². The number of hydrogen-bond acceptors (Lipinski definition) is 6. The Hall–Kier alpha value is -3.11. The Kier molecular flexibility index (Phi) is 7.25. The van der Waals surface area contributed by atoms with Crippen molar-refractivity contribution < 1.29 is 22.7 Å². The molecule has 3 aliphatic heterocycles. The van der Waals surface area contributed by atoms with Gasteiger partial charge in [-0.25, -0.2) is 8.42 Å². The fraction of sp³-hybridized carbons (Fsp3) is 0.533. The number of nitrogens with zero attached hydrogens (tertiary/aromatic N) is 4. The molecule has 2 saturated heterocycles. The Bertz CT molecular complexity index is 1390. The number of para-hydroxylation sites is 2. The van der Waals surface area contributed by atoms with E-state index in [1.165, 1.54) is 4.31 Å². The van der Waals surface area contributed by atoms with E-state index in [1.54, 1.807) is 25.3 Å². The number of piperidine rings is 1. The zero-order valence-corrected chi connectivity index (χ0v) is 24.1. The Morgan fingerprint density at radius 3 is 2.17 bits per heavy atom. The predicted molar refractivity (Wildman–Crippen MR) is 153 cm³/mol. The summed E-state index contributed by atoms with van der Waals surface area (Å²) in [5, 5.41) is 0. The Labute approximate surface area is 236 Å². The van der Waals surface area contributed by atoms with Crippen LogP contribution in [0.25, 0.3) is 0 Å². The molecular formula is C30H38N4O5S. The second kappa shape index (κ2) is 10.7. The molecule has 2 amide bonds. The van der Waals surface area contributed by atoms with Gasteiger partial charge >= 0.3 is 0 Å². The predicted octanol–water partition coefficient (Wildman–Crippen LogP) is 3.13. The van der Waals surface area contributed by atoms with Gasteiger partial charge in [-0.05, 0) is 74.9 Å². The molecule has 0 radical (unpaired) electrons. The van der Waals surface area contributed by atoms with Crippen molar-refractivity contribution in [3.8, 4) is 5.75 Å². The van der Waals surface area contributed by atoms with E-state index in [4.69, 9.17) is 4.74 Å². The lowest BCUT2D eigenvalue weighted by Gasteiger charge is -2.39. The number of fused-ring (bicyclic) bond motifs is 1. The van der Waals surface area contributed by atoms with Crippen LogP contribution in [-0.4, -0.2) is 81.9 Å². The minimum Gasteiger partial charge on any atom is -0.495 e. The van der Waals surface area contributed by atoms with E-state index >= 15 is 0 Å². The third kappa shape index (κ3) is 4.96. The van der Waals surface area contributed by atoms with Gasteiger partial charge in [-0.1, -0.05) is 12.1 Å². The molecule has 0 spiro atoms. The first kappa shape index (κ1) is 27.1. The third-order valence-electron chi connectivity index (χ3n) is 8.89. The molecule has 4 aliphatic rings. The van der Waals surface area contributed by atoms with Crippen LogP contribution in [0.1, 0.15) is 38.2 Å². The highest BCUT2D eigenvalue weighted by Gasteiger charge is 2.40. The van der Waals surface area contributed by atoms with Crippen LogP contribution in [0.2, 0.25) is 0 Å². The minimum absolute atomic E-state index is 0.0411. The molecule has 3 fully saturated rings. The molecule has 0 aromatic heterocycles. The van der Waals surface area contributed by atoms with Crippen molar-refractivity contribution in [3.63, 3.8) is 0 Å². The largest absolute Gasteiger partial charge is 0.495 e. The molecule has 1 atom stereocenters. The number of rotatable bonds is 6. The standard InChI is InChI=1S/C30H38N4O5S/c1-21-19-24-20-25(9-10-26(24)34(21)30(36)22-7-8-22)40(37,38)33-13-11-23(12-14-33)29(35)32-17-15-31(16-18-32)27-5-3-4-6-28(27)39-2/h3-6,9-10,20-23H,7-8,11-19H2,1-2H3. The summed E-state index contributed by atoms with van der Waals surface area (Å²) in [7, 11) is -2.01. The summed E-state index contributed by atoms with van der Waals surface area (Å²) in [5.74, 6) is 1.08. The molecule has 0 N–H and O–H groups in total. The molecule has 2 aromatic rings. The summed E-state index contributed by atoms with van der Waals surface area (Å²) in [6, 6.07) is 13.2. The van der Waals surface area contributed by atoms with Crippen LogP contribution in [0.15, 0.2) is 47.4 Å². The van der Waals surface area contributed by atoms with Gasteiger partial charge in [0.05, 0.1) is 17.7 Å². The van der Waals surface area contributed by atoms with Crippen LogP contribution in [0.3, 0.4) is 0 Å². The van der Waals surface area contributed by atoms with Gasteiger partial charge in [-0.2, -0.15) is 4.31 Å². The maximum Gasteiger partial charge on any atom is 0.243 e. The SMILES string of the molecule is COc1ccccc1N1CCN(C(=O)C2CCN(S(=O)(=O)c3ccc4c(c3)CC(C)N4C(=O)C3CC3)CC2)CC1. The van der Waals surface area contributed by atoms with E-state index in [2.05, 4.69) is 4.90 Å². The highest BCUT2D eigenvalue weighted by Crippen LogP contribution is 2.40. The number of hydrogen-bond donors (Lipinski definition) is 0. The molecule has 0 bridgehead atoms. The normalized spacial score (nSPS) is 22.4. The number of sulfonamides is 1. The second-order valence-corrected chi connectivity index (χ2v) is 13.4. The van der Waals surface area contributed by atoms with Crippen LogP contribution >= 0.6 is 0 Å². The molecular weight excluding hydrogens is 528 g/mol. The van der Waals surface area contributed by atoms with Crippen molar-refractivity contribution in [2.45, 2.75) is 50.0 Å². The summed E-state index contributed by atoms with van der Waals surface area (Å²) in [6.45, 7) is 5.44. The number of methoxy groups -OCH3 is 1. The molecule has 1 saturated carbocycles. The average Bonchev–Trinajstić information content (AvgIpc) is 3.78. The number of anilines is 2. The number of carbonyl (C=O) groups is 2. The van der Waals surface area contributed by atoms with Crippen molar-refractivity contribution in [1.29, 1.82) is 0 Å². The first-order valence-electron chi connectivity index (χ1n) is 14.4. The maximum atomic E-state index is 13.5. The van der Waals surface area contributed by atoms with Crippen molar-refractivity contribution in [2.24, 2.45) is 11.8 Å². The average molecular weight is 567 g/mol. The van der Waals surface area contributed by atoms with Gasteiger partial charge in [0.25, 0.3) is 0 Å². The van der Waals surface area contributed by atoms with Crippen molar-refractivity contribution in [3.05, 3.63) is 48.0 Å². The molecule has 9 nitrogen and oxygen atoms in total. The molecule has 6 rings (SSSR count). The van der Waals surface area contributed by atoms with Gasteiger partial charge in [-0.15, -0.1) is 0 Å². The highest BCUT2D eigenvalue weighted by molar-refractivity contribution is 7.89. The lowest BCUT2D eigenvalue weighted by molar-refractivity contribution is -0.137. The third-order valence-corrected chi connectivity index (χ3v) is 10.8. The summed E-state index contributed by atoms with van der Waals surface area (Å²) in [6.07, 6.45) is 3.60. The first-order chi connectivity index (χ1) is 19.3. The fourth-order valence-electron chi connectivity index (χ4n) is 6.44. The number of piperazine rings is 1. The zero-order valence-electron chi connectivity index (χ0n) is 23.3. The van der Waals surface area contributed by atoms with Crippen molar-refractivity contribution >= 4 is 33.2 Å². The molecule has 3 heterocycles. The van der Waals surface area contributed by atoms with Crippen LogP contribution in [-0.2, 0) is 26.0 Å². The van der Waals surface area contributed by atoms with E-state index in [0.717, 1.165) is 48.6 Å². The van der Waals surface area contributed by atoms with Gasteiger partial charge in [0, 0.05) is 62.8 Å². The number of benzene rings is 2. The monoisotopic (exact) mass is 566 g/mol. The van der Waals surface area contributed by atoms with Crippen LogP contribution in [0.4, 0.5) is 11.4 Å². The molecule has 40 heavy (non-hydrogen) atoms. The van der Waals surface area contributed by atoms with Gasteiger partial charge in [0.1, 0.15) is 5.75 Å². The Balaban J connectivity index is 1.06. The lowest BCUT2D eigenvalue weighted by Crippen LogP contribution is -2.52. The molecule has 10 heteroatoms. The summed E-state index contributed by atoms with van der Waals surface area (Å²) in [5.41, 5.74) is 2.80. The number of carbonyl (C=O) groups excluding carboxylic acids is 2. The van der Waals surface area contributed by atoms with E-state index in [9.17, 15) is 18.0 Å². The van der Waals surface area contributed by atoms with E-state index in [1.807, 2.05) is 41.0 Å². The Morgan fingerprint density at radius 2 is 1.50 bits per heavy atom. The zero-order chi connectivity index (χ0) is 28.0. The lowest BCUT2D eigenvalue weighted by atomic mass is 9.96. The fourth-order valence-corrected chi connectivity index (χ4v) is 7.96. The maximum absolute atomic E-state index is 13.5. The van der Waals surface area contributed by atoms with E-state index in [-0.39, 0.29) is 34.6 Å². The van der Waals surface area contributed by atoms with Crippen molar-refractivity contribution in [2.75, 3.05) is 56.2 Å². The van der Waals surface area contributed by atoms with Gasteiger partial charge in [0.2, 0.25) is 21.8 Å². The van der Waals surface area contributed by atoms with Gasteiger partial charge in [-0.3, -0.25) is 9.59 Å². The summed E-state index contributed by atoms with van der Waals surface area (Å²) in [4.78, 5) is 32.4. The number of amides is 2. The molecule has 2 aromatic carbocycles. The van der Waals surface area contributed by atoms with Gasteiger partial charge < -0.3 is 19.4 Å². The number of ether oxygens (including phenoxy) is 1. The first-order valence-corrected chi connectivity index (χ1v) is 15.8.